The van der Waals surface area contributed by atoms with E-state index in [4.69, 9.17) is 5.73 Å². The van der Waals surface area contributed by atoms with Crippen LogP contribution in [0.25, 0.3) is 0 Å². The van der Waals surface area contributed by atoms with Gasteiger partial charge in [-0.25, -0.2) is 18.1 Å². The number of nitrogens with one attached hydrogen (secondary N) is 1. The van der Waals surface area contributed by atoms with Gasteiger partial charge in [-0.1, -0.05) is 6.08 Å². The van der Waals surface area contributed by atoms with Crippen LogP contribution in [0, 0.1) is 0 Å². The first kappa shape index (κ1) is 11.7. The highest BCUT2D eigenvalue weighted by Crippen LogP contribution is 2.13. The lowest BCUT2D eigenvalue weighted by atomic mass is 10.4. The second kappa shape index (κ2) is 4.90. The van der Waals surface area contributed by atoms with Crippen LogP contribution in [-0.4, -0.2) is 19.9 Å². The topological polar surface area (TPSA) is 85.1 Å². The Kier molecular flexibility index (Phi) is 3.81. The number of sulfonamides is 1. The fourth-order valence-electron chi connectivity index (χ4n) is 1.00. The number of nitrogens with two attached hydrogens (primary N) is 1. The molecule has 5 nitrogen and oxygen atoms in total. The summed E-state index contributed by atoms with van der Waals surface area (Å²) in [5.41, 5.74) is 5.46. The van der Waals surface area contributed by atoms with Crippen molar-refractivity contribution in [2.24, 2.45) is 0 Å². The monoisotopic (exact) mass is 227 g/mol. The average Bonchev–Trinajstić information content (AvgIpc) is 2.18. The third kappa shape index (κ3) is 3.03. The SMILES string of the molecule is C=CCCNS(=O)(=O)c1cccnc1N. The van der Waals surface area contributed by atoms with E-state index in [2.05, 4.69) is 16.3 Å². The fourth-order valence-corrected chi connectivity index (χ4v) is 2.13. The highest BCUT2D eigenvalue weighted by atomic mass is 32.2. The first-order valence-electron chi connectivity index (χ1n) is 4.39. The molecule has 0 saturated carbocycles. The van der Waals surface area contributed by atoms with E-state index in [1.807, 2.05) is 0 Å². The molecule has 0 aromatic carbocycles. The van der Waals surface area contributed by atoms with Crippen LogP contribution in [-0.2, 0) is 10.0 Å². The molecule has 1 rings (SSSR count). The predicted octanol–water partition coefficient (Wildman–Crippen LogP) is 0.518. The van der Waals surface area contributed by atoms with Crippen molar-refractivity contribution in [1.82, 2.24) is 9.71 Å². The maximum absolute atomic E-state index is 11.7. The van der Waals surface area contributed by atoms with E-state index in [0.717, 1.165) is 0 Å². The van der Waals surface area contributed by atoms with Crippen molar-refractivity contribution in [3.8, 4) is 0 Å². The molecule has 6 heteroatoms. The third-order valence-electron chi connectivity index (χ3n) is 1.73. The number of rotatable bonds is 5. The summed E-state index contributed by atoms with van der Waals surface area (Å²) in [4.78, 5) is 3.72. The standard InChI is InChI=1S/C9H13N3O2S/c1-2-3-7-12-15(13,14)8-5-4-6-11-9(8)10/h2,4-6,12H,1,3,7H2,(H2,10,11). The quantitative estimate of drug-likeness (QED) is 0.567. The van der Waals surface area contributed by atoms with E-state index in [-0.39, 0.29) is 10.7 Å². The van der Waals surface area contributed by atoms with Gasteiger partial charge in [0, 0.05) is 12.7 Å². The summed E-state index contributed by atoms with van der Waals surface area (Å²) >= 11 is 0. The molecule has 82 valence electrons. The molecule has 1 aromatic heterocycles. The van der Waals surface area contributed by atoms with Gasteiger partial charge in [-0.2, -0.15) is 0 Å². The molecule has 0 spiro atoms. The average molecular weight is 227 g/mol. The second-order valence-corrected chi connectivity index (χ2v) is 4.60. The molecule has 0 bridgehead atoms. The van der Waals surface area contributed by atoms with E-state index in [9.17, 15) is 8.42 Å². The molecule has 0 aliphatic carbocycles. The molecule has 0 radical (unpaired) electrons. The molecule has 0 aliphatic rings. The van der Waals surface area contributed by atoms with Gasteiger partial charge >= 0.3 is 0 Å². The van der Waals surface area contributed by atoms with Crippen LogP contribution in [0.1, 0.15) is 6.42 Å². The van der Waals surface area contributed by atoms with Crippen molar-refractivity contribution in [2.75, 3.05) is 12.3 Å². The maximum atomic E-state index is 11.7. The van der Waals surface area contributed by atoms with E-state index in [1.165, 1.54) is 18.3 Å². The van der Waals surface area contributed by atoms with Gasteiger partial charge < -0.3 is 5.73 Å². The Morgan fingerprint density at radius 3 is 2.93 bits per heavy atom. The number of aromatic nitrogens is 1. The van der Waals surface area contributed by atoms with Gasteiger partial charge in [0.2, 0.25) is 10.0 Å². The minimum absolute atomic E-state index is 0.00334. The summed E-state index contributed by atoms with van der Waals surface area (Å²) in [6.07, 6.45) is 3.65. The van der Waals surface area contributed by atoms with Crippen LogP contribution in [0.15, 0.2) is 35.9 Å². The number of pyridine rings is 1. The molecular weight excluding hydrogens is 214 g/mol. The molecule has 0 atom stereocenters. The molecule has 0 aliphatic heterocycles. The highest BCUT2D eigenvalue weighted by molar-refractivity contribution is 7.89. The smallest absolute Gasteiger partial charge is 0.244 e. The van der Waals surface area contributed by atoms with Crippen molar-refractivity contribution < 1.29 is 8.42 Å². The van der Waals surface area contributed by atoms with Crippen LogP contribution in [0.5, 0.6) is 0 Å². The van der Waals surface area contributed by atoms with Crippen molar-refractivity contribution >= 4 is 15.8 Å². The van der Waals surface area contributed by atoms with Crippen LogP contribution >= 0.6 is 0 Å². The summed E-state index contributed by atoms with van der Waals surface area (Å²) in [5.74, 6) is 0.00334. The lowest BCUT2D eigenvalue weighted by Crippen LogP contribution is -2.25. The molecule has 0 fully saturated rings. The molecule has 3 N–H and O–H groups in total. The minimum Gasteiger partial charge on any atom is -0.383 e. The van der Waals surface area contributed by atoms with Crippen molar-refractivity contribution in [2.45, 2.75) is 11.3 Å². The summed E-state index contributed by atoms with van der Waals surface area (Å²) in [6, 6.07) is 2.94. The second-order valence-electron chi connectivity index (χ2n) is 2.86. The minimum atomic E-state index is -3.55. The van der Waals surface area contributed by atoms with Gasteiger partial charge in [-0.15, -0.1) is 6.58 Å². The normalized spacial score (nSPS) is 11.2. The van der Waals surface area contributed by atoms with Crippen molar-refractivity contribution in [3.63, 3.8) is 0 Å². The van der Waals surface area contributed by atoms with E-state index >= 15 is 0 Å². The number of hydrogen-bond donors (Lipinski definition) is 2. The Labute approximate surface area is 89.1 Å². The van der Waals surface area contributed by atoms with Gasteiger partial charge in [0.15, 0.2) is 0 Å². The van der Waals surface area contributed by atoms with Gasteiger partial charge in [0.05, 0.1) is 0 Å². The zero-order valence-corrected chi connectivity index (χ0v) is 9.00. The molecule has 15 heavy (non-hydrogen) atoms. The van der Waals surface area contributed by atoms with Crippen molar-refractivity contribution in [1.29, 1.82) is 0 Å². The Hall–Kier alpha value is -1.40. The zero-order chi connectivity index (χ0) is 11.3. The Balaban J connectivity index is 2.87. The first-order chi connectivity index (χ1) is 7.08. The van der Waals surface area contributed by atoms with E-state index in [0.29, 0.717) is 13.0 Å². The van der Waals surface area contributed by atoms with E-state index < -0.39 is 10.0 Å². The molecule has 0 saturated heterocycles. The molecule has 0 unspecified atom stereocenters. The Bertz CT molecular complexity index is 442. The highest BCUT2D eigenvalue weighted by Gasteiger charge is 2.16. The Morgan fingerprint density at radius 1 is 1.60 bits per heavy atom. The van der Waals surface area contributed by atoms with Crippen LogP contribution in [0.4, 0.5) is 5.82 Å². The summed E-state index contributed by atoms with van der Waals surface area (Å²) < 4.78 is 25.7. The molecule has 1 aromatic rings. The van der Waals surface area contributed by atoms with Gasteiger partial charge in [0.1, 0.15) is 10.7 Å². The molecule has 1 heterocycles. The van der Waals surface area contributed by atoms with Gasteiger partial charge in [-0.05, 0) is 18.6 Å². The number of nitrogens with zero attached hydrogens (tertiary/aromatic N) is 1. The number of hydrogen-bond acceptors (Lipinski definition) is 4. The van der Waals surface area contributed by atoms with Gasteiger partial charge in [-0.3, -0.25) is 0 Å². The van der Waals surface area contributed by atoms with E-state index in [1.54, 1.807) is 6.08 Å². The maximum Gasteiger partial charge on any atom is 0.244 e. The lowest BCUT2D eigenvalue weighted by molar-refractivity contribution is 0.582. The molecular formula is C9H13N3O2S. The number of nitrogen functional groups attached to an aromatic ring is 1. The first-order valence-corrected chi connectivity index (χ1v) is 5.87. The van der Waals surface area contributed by atoms with Crippen LogP contribution < -0.4 is 10.5 Å². The lowest BCUT2D eigenvalue weighted by Gasteiger charge is -2.06. The fraction of sp³-hybridized carbons (Fsp3) is 0.222. The predicted molar refractivity (Wildman–Crippen MR) is 58.7 cm³/mol. The van der Waals surface area contributed by atoms with Gasteiger partial charge in [0.25, 0.3) is 0 Å². The largest absolute Gasteiger partial charge is 0.383 e. The van der Waals surface area contributed by atoms with Crippen LogP contribution in [0.2, 0.25) is 0 Å². The molecule has 0 amide bonds. The summed E-state index contributed by atoms with van der Waals surface area (Å²) in [5, 5.41) is 0. The summed E-state index contributed by atoms with van der Waals surface area (Å²) in [6.45, 7) is 3.80. The summed E-state index contributed by atoms with van der Waals surface area (Å²) in [7, 11) is -3.55. The third-order valence-corrected chi connectivity index (χ3v) is 3.24. The van der Waals surface area contributed by atoms with Crippen molar-refractivity contribution in [3.05, 3.63) is 31.0 Å². The van der Waals surface area contributed by atoms with Crippen LogP contribution in [0.3, 0.4) is 0 Å². The zero-order valence-electron chi connectivity index (χ0n) is 8.18. The Morgan fingerprint density at radius 2 is 2.33 bits per heavy atom. The number of anilines is 1.